The van der Waals surface area contributed by atoms with E-state index >= 15 is 0 Å². The SMILES string of the molecule is COCCN(C)C(CN)c1ccc(F)c(C)c1. The van der Waals surface area contributed by atoms with Crippen molar-refractivity contribution in [2.24, 2.45) is 5.73 Å². The van der Waals surface area contributed by atoms with Gasteiger partial charge in [-0.25, -0.2) is 4.39 Å². The lowest BCUT2D eigenvalue weighted by atomic mass is 10.0. The molecule has 1 aromatic rings. The van der Waals surface area contributed by atoms with Gasteiger partial charge in [-0.05, 0) is 31.2 Å². The summed E-state index contributed by atoms with van der Waals surface area (Å²) in [5, 5.41) is 0. The molecule has 1 atom stereocenters. The van der Waals surface area contributed by atoms with Gasteiger partial charge in [-0.3, -0.25) is 4.90 Å². The second-order valence-corrected chi connectivity index (χ2v) is 4.23. The summed E-state index contributed by atoms with van der Waals surface area (Å²) < 4.78 is 18.2. The number of rotatable bonds is 6. The monoisotopic (exact) mass is 240 g/mol. The summed E-state index contributed by atoms with van der Waals surface area (Å²) in [4.78, 5) is 2.12. The van der Waals surface area contributed by atoms with E-state index in [-0.39, 0.29) is 11.9 Å². The minimum absolute atomic E-state index is 0.101. The van der Waals surface area contributed by atoms with Crippen LogP contribution in [-0.4, -0.2) is 38.8 Å². The van der Waals surface area contributed by atoms with Crippen molar-refractivity contribution < 1.29 is 9.13 Å². The topological polar surface area (TPSA) is 38.5 Å². The van der Waals surface area contributed by atoms with E-state index in [0.29, 0.717) is 18.7 Å². The molecule has 17 heavy (non-hydrogen) atoms. The van der Waals surface area contributed by atoms with Gasteiger partial charge < -0.3 is 10.5 Å². The quantitative estimate of drug-likeness (QED) is 0.822. The third kappa shape index (κ3) is 3.77. The van der Waals surface area contributed by atoms with Crippen molar-refractivity contribution in [3.8, 4) is 0 Å². The Morgan fingerprint density at radius 2 is 2.18 bits per heavy atom. The number of methoxy groups -OCH3 is 1. The first kappa shape index (κ1) is 14.1. The molecule has 4 heteroatoms. The van der Waals surface area contributed by atoms with Gasteiger partial charge in [0.25, 0.3) is 0 Å². The smallest absolute Gasteiger partial charge is 0.126 e. The molecule has 2 N–H and O–H groups in total. The molecule has 0 aliphatic heterocycles. The van der Waals surface area contributed by atoms with Gasteiger partial charge in [-0.15, -0.1) is 0 Å². The molecule has 1 unspecified atom stereocenters. The van der Waals surface area contributed by atoms with E-state index in [1.54, 1.807) is 20.1 Å². The Balaban J connectivity index is 2.81. The first-order valence-corrected chi connectivity index (χ1v) is 5.75. The second-order valence-electron chi connectivity index (χ2n) is 4.23. The number of likely N-dealkylation sites (N-methyl/N-ethyl adjacent to an activating group) is 1. The predicted octanol–water partition coefficient (Wildman–Crippen LogP) is 1.71. The zero-order valence-corrected chi connectivity index (χ0v) is 10.7. The van der Waals surface area contributed by atoms with Gasteiger partial charge in [0, 0.05) is 26.2 Å². The number of nitrogens with zero attached hydrogens (tertiary/aromatic N) is 1. The van der Waals surface area contributed by atoms with E-state index in [1.165, 1.54) is 6.07 Å². The number of hydrogen-bond acceptors (Lipinski definition) is 3. The van der Waals surface area contributed by atoms with Crippen LogP contribution in [-0.2, 0) is 4.74 Å². The van der Waals surface area contributed by atoms with Crippen molar-refractivity contribution in [3.05, 3.63) is 35.1 Å². The van der Waals surface area contributed by atoms with Crippen LogP contribution in [0.4, 0.5) is 4.39 Å². The summed E-state index contributed by atoms with van der Waals surface area (Å²) in [6.07, 6.45) is 0. The van der Waals surface area contributed by atoms with Crippen molar-refractivity contribution in [2.45, 2.75) is 13.0 Å². The number of hydrogen-bond donors (Lipinski definition) is 1. The molecule has 1 rings (SSSR count). The van der Waals surface area contributed by atoms with Gasteiger partial charge in [0.05, 0.1) is 6.61 Å². The Morgan fingerprint density at radius 3 is 2.71 bits per heavy atom. The summed E-state index contributed by atoms with van der Waals surface area (Å²) in [5.41, 5.74) is 7.49. The number of nitrogens with two attached hydrogens (primary N) is 1. The number of ether oxygens (including phenoxy) is 1. The van der Waals surface area contributed by atoms with Gasteiger partial charge in [0.15, 0.2) is 0 Å². The molecule has 96 valence electrons. The van der Waals surface area contributed by atoms with Crippen LogP contribution in [0.15, 0.2) is 18.2 Å². The van der Waals surface area contributed by atoms with Gasteiger partial charge in [0.1, 0.15) is 5.82 Å². The number of aryl methyl sites for hydroxylation is 1. The third-order valence-electron chi connectivity index (χ3n) is 2.97. The Morgan fingerprint density at radius 1 is 1.47 bits per heavy atom. The minimum atomic E-state index is -0.177. The lowest BCUT2D eigenvalue weighted by Gasteiger charge is -2.27. The average molecular weight is 240 g/mol. The first-order chi connectivity index (χ1) is 8.10. The normalized spacial score (nSPS) is 13.1. The molecule has 0 aromatic heterocycles. The van der Waals surface area contributed by atoms with E-state index in [1.807, 2.05) is 13.1 Å². The summed E-state index contributed by atoms with van der Waals surface area (Å²) in [6, 6.07) is 5.25. The molecular weight excluding hydrogens is 219 g/mol. The zero-order chi connectivity index (χ0) is 12.8. The minimum Gasteiger partial charge on any atom is -0.383 e. The molecule has 0 heterocycles. The van der Waals surface area contributed by atoms with Crippen LogP contribution in [0.3, 0.4) is 0 Å². The van der Waals surface area contributed by atoms with Crippen LogP contribution in [0.5, 0.6) is 0 Å². The molecule has 0 bridgehead atoms. The largest absolute Gasteiger partial charge is 0.383 e. The molecule has 0 spiro atoms. The first-order valence-electron chi connectivity index (χ1n) is 5.75. The summed E-state index contributed by atoms with van der Waals surface area (Å²) in [6.45, 7) is 3.73. The zero-order valence-electron chi connectivity index (χ0n) is 10.7. The molecule has 0 saturated heterocycles. The fourth-order valence-electron chi connectivity index (χ4n) is 1.84. The van der Waals surface area contributed by atoms with Crippen LogP contribution in [0.2, 0.25) is 0 Å². The Bertz CT molecular complexity index is 357. The second kappa shape index (κ2) is 6.69. The van der Waals surface area contributed by atoms with Gasteiger partial charge in [-0.1, -0.05) is 12.1 Å². The molecule has 0 amide bonds. The average Bonchev–Trinajstić information content (AvgIpc) is 2.32. The van der Waals surface area contributed by atoms with E-state index in [9.17, 15) is 4.39 Å². The molecule has 0 aliphatic carbocycles. The van der Waals surface area contributed by atoms with Crippen molar-refractivity contribution in [1.29, 1.82) is 0 Å². The maximum atomic E-state index is 13.2. The van der Waals surface area contributed by atoms with E-state index in [2.05, 4.69) is 4.90 Å². The number of halogens is 1. The fourth-order valence-corrected chi connectivity index (χ4v) is 1.84. The van der Waals surface area contributed by atoms with Crippen LogP contribution in [0, 0.1) is 12.7 Å². The maximum absolute atomic E-state index is 13.2. The van der Waals surface area contributed by atoms with Crippen molar-refractivity contribution in [3.63, 3.8) is 0 Å². The van der Waals surface area contributed by atoms with Crippen LogP contribution >= 0.6 is 0 Å². The summed E-state index contributed by atoms with van der Waals surface area (Å²) >= 11 is 0. The highest BCUT2D eigenvalue weighted by atomic mass is 19.1. The van der Waals surface area contributed by atoms with Gasteiger partial charge >= 0.3 is 0 Å². The highest BCUT2D eigenvalue weighted by molar-refractivity contribution is 5.26. The van der Waals surface area contributed by atoms with Crippen LogP contribution < -0.4 is 5.73 Å². The third-order valence-corrected chi connectivity index (χ3v) is 2.97. The Kier molecular flexibility index (Phi) is 5.55. The van der Waals surface area contributed by atoms with E-state index in [0.717, 1.165) is 12.1 Å². The predicted molar refractivity (Wildman–Crippen MR) is 67.4 cm³/mol. The standard InChI is InChI=1S/C13H21FN2O/c1-10-8-11(4-5-12(10)14)13(9-15)16(2)6-7-17-3/h4-5,8,13H,6-7,9,15H2,1-3H3. The lowest BCUT2D eigenvalue weighted by Crippen LogP contribution is -2.33. The van der Waals surface area contributed by atoms with Crippen molar-refractivity contribution in [1.82, 2.24) is 4.90 Å². The molecule has 0 saturated carbocycles. The van der Waals surface area contributed by atoms with Gasteiger partial charge in [-0.2, -0.15) is 0 Å². The molecular formula is C13H21FN2O. The Labute approximate surface area is 102 Å². The Hall–Kier alpha value is -0.970. The highest BCUT2D eigenvalue weighted by Crippen LogP contribution is 2.20. The van der Waals surface area contributed by atoms with Crippen molar-refractivity contribution >= 4 is 0 Å². The van der Waals surface area contributed by atoms with Crippen molar-refractivity contribution in [2.75, 3.05) is 33.9 Å². The molecule has 0 aliphatic rings. The summed E-state index contributed by atoms with van der Waals surface area (Å²) in [5.74, 6) is -0.177. The maximum Gasteiger partial charge on any atom is 0.126 e. The van der Waals surface area contributed by atoms with Crippen LogP contribution in [0.1, 0.15) is 17.2 Å². The lowest BCUT2D eigenvalue weighted by molar-refractivity contribution is 0.140. The molecule has 0 radical (unpaired) electrons. The van der Waals surface area contributed by atoms with Gasteiger partial charge in [0.2, 0.25) is 0 Å². The molecule has 1 aromatic carbocycles. The molecule has 0 fully saturated rings. The highest BCUT2D eigenvalue weighted by Gasteiger charge is 2.15. The van der Waals surface area contributed by atoms with E-state index in [4.69, 9.17) is 10.5 Å². The van der Waals surface area contributed by atoms with E-state index < -0.39 is 0 Å². The summed E-state index contributed by atoms with van der Waals surface area (Å²) in [7, 11) is 3.67. The molecule has 3 nitrogen and oxygen atoms in total. The number of benzene rings is 1. The fraction of sp³-hybridized carbons (Fsp3) is 0.538. The van der Waals surface area contributed by atoms with Crippen LogP contribution in [0.25, 0.3) is 0 Å².